The zero-order valence-corrected chi connectivity index (χ0v) is 16.8. The van der Waals surface area contributed by atoms with Gasteiger partial charge in [-0.25, -0.2) is 0 Å². The van der Waals surface area contributed by atoms with Crippen LogP contribution in [0.4, 0.5) is 5.69 Å². The Kier molecular flexibility index (Phi) is 6.23. The largest absolute Gasteiger partial charge is 0.396 e. The third kappa shape index (κ3) is 4.36. The van der Waals surface area contributed by atoms with Crippen molar-refractivity contribution >= 4 is 17.5 Å². The van der Waals surface area contributed by atoms with Crippen LogP contribution in [0, 0.1) is 5.41 Å². The Hall–Kier alpha value is -1.98. The van der Waals surface area contributed by atoms with Crippen LogP contribution in [0.25, 0.3) is 5.57 Å². The van der Waals surface area contributed by atoms with Gasteiger partial charge in [0, 0.05) is 36.5 Å². The van der Waals surface area contributed by atoms with E-state index in [0.717, 1.165) is 55.8 Å². The van der Waals surface area contributed by atoms with E-state index in [2.05, 4.69) is 22.4 Å². The summed E-state index contributed by atoms with van der Waals surface area (Å²) in [6.07, 6.45) is 14.3. The standard InChI is InChI=1S/C23H33N5/c24-14-20-13-21(19-5-4-10-26-15-19)27-23(22(20)25)18-8-6-17(7-9-18)16-28-11-2-1-3-12-28/h6,8,13-14,19,24,26H,1-5,7,9-12,15-16,25H2. The van der Waals surface area contributed by atoms with E-state index in [1.807, 2.05) is 6.07 Å². The highest BCUT2D eigenvalue weighted by Gasteiger charge is 2.22. The summed E-state index contributed by atoms with van der Waals surface area (Å²) in [7, 11) is 0. The van der Waals surface area contributed by atoms with Crippen LogP contribution in [0.3, 0.4) is 0 Å². The number of hydrogen-bond acceptors (Lipinski definition) is 5. The minimum atomic E-state index is 0.418. The van der Waals surface area contributed by atoms with Crippen LogP contribution in [-0.4, -0.2) is 48.8 Å². The minimum Gasteiger partial charge on any atom is -0.396 e. The van der Waals surface area contributed by atoms with Crippen LogP contribution in [0.5, 0.6) is 0 Å². The van der Waals surface area contributed by atoms with Gasteiger partial charge < -0.3 is 16.5 Å². The molecule has 0 amide bonds. The topological polar surface area (TPSA) is 78.0 Å². The summed E-state index contributed by atoms with van der Waals surface area (Å²) in [5.74, 6) is 0.418. The van der Waals surface area contributed by atoms with Crippen LogP contribution in [-0.2, 0) is 0 Å². The molecule has 150 valence electrons. The van der Waals surface area contributed by atoms with Gasteiger partial charge >= 0.3 is 0 Å². The van der Waals surface area contributed by atoms with Crippen molar-refractivity contribution in [1.29, 1.82) is 5.41 Å². The predicted molar refractivity (Wildman–Crippen MR) is 117 cm³/mol. The van der Waals surface area contributed by atoms with Gasteiger partial charge in [0.15, 0.2) is 0 Å². The maximum Gasteiger partial charge on any atom is 0.0901 e. The molecule has 4 rings (SSSR count). The molecule has 4 N–H and O–H groups in total. The molecule has 0 saturated carbocycles. The molecule has 2 fully saturated rings. The number of likely N-dealkylation sites (tertiary alicyclic amines) is 1. The molecule has 0 aromatic carbocycles. The lowest BCUT2D eigenvalue weighted by Gasteiger charge is -2.28. The van der Waals surface area contributed by atoms with Crippen LogP contribution in [0.15, 0.2) is 23.8 Å². The smallest absolute Gasteiger partial charge is 0.0901 e. The first-order chi connectivity index (χ1) is 13.7. The van der Waals surface area contributed by atoms with Gasteiger partial charge in [-0.2, -0.15) is 0 Å². The Balaban J connectivity index is 1.56. The zero-order chi connectivity index (χ0) is 19.3. The number of pyridine rings is 1. The minimum absolute atomic E-state index is 0.418. The molecule has 0 spiro atoms. The molecular formula is C23H33N5. The lowest BCUT2D eigenvalue weighted by molar-refractivity contribution is 0.245. The number of nitrogens with two attached hydrogens (primary N) is 1. The molecule has 5 nitrogen and oxygen atoms in total. The van der Waals surface area contributed by atoms with Crippen LogP contribution < -0.4 is 11.1 Å². The van der Waals surface area contributed by atoms with Crippen molar-refractivity contribution in [3.8, 4) is 0 Å². The Morgan fingerprint density at radius 2 is 2.04 bits per heavy atom. The van der Waals surface area contributed by atoms with Crippen molar-refractivity contribution < 1.29 is 0 Å². The third-order valence-corrected chi connectivity index (χ3v) is 6.40. The van der Waals surface area contributed by atoms with E-state index in [9.17, 15) is 0 Å². The van der Waals surface area contributed by atoms with E-state index in [1.54, 1.807) is 0 Å². The van der Waals surface area contributed by atoms with Crippen LogP contribution >= 0.6 is 0 Å². The third-order valence-electron chi connectivity index (χ3n) is 6.40. The summed E-state index contributed by atoms with van der Waals surface area (Å²) in [6.45, 7) is 5.63. The average molecular weight is 380 g/mol. The van der Waals surface area contributed by atoms with E-state index in [0.29, 0.717) is 11.6 Å². The number of piperidine rings is 2. The second-order valence-corrected chi connectivity index (χ2v) is 8.44. The first-order valence-electron chi connectivity index (χ1n) is 10.9. The molecule has 3 heterocycles. The molecule has 0 radical (unpaired) electrons. The number of allylic oxidation sites excluding steroid dienone is 3. The number of hydrogen-bond donors (Lipinski definition) is 3. The molecule has 1 aliphatic carbocycles. The number of nitrogens with one attached hydrogen (secondary N) is 2. The molecule has 2 saturated heterocycles. The second kappa shape index (κ2) is 9.01. The summed E-state index contributed by atoms with van der Waals surface area (Å²) < 4.78 is 0. The Morgan fingerprint density at radius 1 is 1.18 bits per heavy atom. The molecule has 2 aliphatic heterocycles. The van der Waals surface area contributed by atoms with Gasteiger partial charge in [-0.3, -0.25) is 9.88 Å². The molecule has 3 aliphatic rings. The summed E-state index contributed by atoms with van der Waals surface area (Å²) in [5, 5.41) is 11.3. The highest BCUT2D eigenvalue weighted by atomic mass is 15.1. The monoisotopic (exact) mass is 379 g/mol. The lowest BCUT2D eigenvalue weighted by atomic mass is 9.91. The summed E-state index contributed by atoms with van der Waals surface area (Å²) in [5.41, 5.74) is 12.6. The van der Waals surface area contributed by atoms with Crippen molar-refractivity contribution in [3.63, 3.8) is 0 Å². The van der Waals surface area contributed by atoms with Gasteiger partial charge in [0.2, 0.25) is 0 Å². The molecule has 5 heteroatoms. The van der Waals surface area contributed by atoms with Gasteiger partial charge in [0.05, 0.1) is 11.4 Å². The van der Waals surface area contributed by atoms with Crippen molar-refractivity contribution in [2.75, 3.05) is 38.5 Å². The van der Waals surface area contributed by atoms with Gasteiger partial charge in [0.25, 0.3) is 0 Å². The van der Waals surface area contributed by atoms with Gasteiger partial charge in [-0.1, -0.05) is 24.1 Å². The Morgan fingerprint density at radius 3 is 2.71 bits per heavy atom. The van der Waals surface area contributed by atoms with E-state index in [4.69, 9.17) is 16.1 Å². The summed E-state index contributed by atoms with van der Waals surface area (Å²) in [4.78, 5) is 7.58. The molecule has 0 bridgehead atoms. The van der Waals surface area contributed by atoms with Crippen LogP contribution in [0.1, 0.15) is 67.8 Å². The summed E-state index contributed by atoms with van der Waals surface area (Å²) >= 11 is 0. The van der Waals surface area contributed by atoms with Crippen molar-refractivity contribution in [2.24, 2.45) is 0 Å². The summed E-state index contributed by atoms with van der Waals surface area (Å²) in [6, 6.07) is 2.02. The van der Waals surface area contributed by atoms with Crippen molar-refractivity contribution in [1.82, 2.24) is 15.2 Å². The first-order valence-corrected chi connectivity index (χ1v) is 10.9. The van der Waals surface area contributed by atoms with Crippen molar-refractivity contribution in [3.05, 3.63) is 40.7 Å². The van der Waals surface area contributed by atoms with Gasteiger partial charge in [-0.15, -0.1) is 0 Å². The maximum absolute atomic E-state index is 7.80. The Bertz CT molecular complexity index is 767. The second-order valence-electron chi connectivity index (χ2n) is 8.44. The van der Waals surface area contributed by atoms with E-state index >= 15 is 0 Å². The predicted octanol–water partition coefficient (Wildman–Crippen LogP) is 3.72. The molecular weight excluding hydrogens is 346 g/mol. The highest BCUT2D eigenvalue weighted by Crippen LogP contribution is 2.33. The first kappa shape index (κ1) is 19.3. The van der Waals surface area contributed by atoms with Crippen LogP contribution in [0.2, 0.25) is 0 Å². The fraction of sp³-hybridized carbons (Fsp3) is 0.565. The van der Waals surface area contributed by atoms with E-state index < -0.39 is 0 Å². The maximum atomic E-state index is 7.80. The van der Waals surface area contributed by atoms with E-state index in [1.165, 1.54) is 56.1 Å². The van der Waals surface area contributed by atoms with Gasteiger partial charge in [-0.05, 0) is 69.8 Å². The molecule has 1 aromatic rings. The molecule has 1 atom stereocenters. The Labute approximate surface area is 168 Å². The normalized spacial score (nSPS) is 23.8. The van der Waals surface area contributed by atoms with Crippen molar-refractivity contribution in [2.45, 2.75) is 50.9 Å². The zero-order valence-electron chi connectivity index (χ0n) is 16.8. The number of rotatable bonds is 5. The lowest BCUT2D eigenvalue weighted by Crippen LogP contribution is -2.31. The average Bonchev–Trinajstić information content (AvgIpc) is 2.76. The molecule has 1 aromatic heterocycles. The quantitative estimate of drug-likeness (QED) is 0.682. The van der Waals surface area contributed by atoms with E-state index in [-0.39, 0.29) is 0 Å². The number of anilines is 1. The highest BCUT2D eigenvalue weighted by molar-refractivity contribution is 5.90. The number of aromatic nitrogens is 1. The molecule has 1 unspecified atom stereocenters. The number of nitrogens with zero attached hydrogens (tertiary/aromatic N) is 2. The number of nitrogen functional groups attached to an aromatic ring is 1. The fourth-order valence-corrected chi connectivity index (χ4v) is 4.69. The molecule has 28 heavy (non-hydrogen) atoms. The fourth-order valence-electron chi connectivity index (χ4n) is 4.69. The van der Waals surface area contributed by atoms with Gasteiger partial charge in [0.1, 0.15) is 0 Å². The SMILES string of the molecule is N=Cc1cc(C2CCCNC2)nc(C2=CC=C(CN3CCCCC3)CC2)c1N.